The Morgan fingerprint density at radius 2 is 1.97 bits per heavy atom. The molecule has 3 atom stereocenters. The summed E-state index contributed by atoms with van der Waals surface area (Å²) in [4.78, 5) is 12.6. The summed E-state index contributed by atoms with van der Waals surface area (Å²) < 4.78 is 39.9. The normalized spacial score (nSPS) is 26.4. The van der Waals surface area contributed by atoms with E-state index < -0.39 is 39.4 Å². The van der Waals surface area contributed by atoms with E-state index in [9.17, 15) is 18.0 Å². The Morgan fingerprint density at radius 1 is 1.35 bits per heavy atom. The van der Waals surface area contributed by atoms with Gasteiger partial charge < -0.3 is 5.32 Å². The number of amides is 1. The van der Waals surface area contributed by atoms with Gasteiger partial charge in [0.15, 0.2) is 0 Å². The number of halogens is 6. The molecule has 2 aliphatic carbocycles. The molecule has 0 radical (unpaired) electrons. The minimum Gasteiger partial charge on any atom is -0.355 e. The largest absolute Gasteiger partial charge is 0.355 e. The second-order valence-corrected chi connectivity index (χ2v) is 9.88. The molecular formula is C23H25Cl3F3NO. The molecule has 0 aromatic rings. The van der Waals surface area contributed by atoms with Gasteiger partial charge in [-0.05, 0) is 43.4 Å². The van der Waals surface area contributed by atoms with E-state index in [1.807, 2.05) is 19.1 Å². The van der Waals surface area contributed by atoms with Crippen molar-refractivity contribution in [3.8, 4) is 0 Å². The number of carbonyl (C=O) groups is 1. The van der Waals surface area contributed by atoms with Crippen LogP contribution in [-0.4, -0.2) is 22.7 Å². The number of hydrogen-bond acceptors (Lipinski definition) is 1. The lowest BCUT2D eigenvalue weighted by Gasteiger charge is -2.19. The van der Waals surface area contributed by atoms with Crippen molar-refractivity contribution in [2.75, 3.05) is 6.54 Å². The van der Waals surface area contributed by atoms with Crippen molar-refractivity contribution in [1.82, 2.24) is 5.32 Å². The summed E-state index contributed by atoms with van der Waals surface area (Å²) in [6.07, 6.45) is 6.21. The minimum absolute atomic E-state index is 0.00393. The molecule has 1 fully saturated rings. The maximum absolute atomic E-state index is 14.3. The molecule has 0 saturated heterocycles. The number of allylic oxidation sites excluding steroid dienone is 9. The Kier molecular flexibility index (Phi) is 8.00. The predicted molar refractivity (Wildman–Crippen MR) is 122 cm³/mol. The third-order valence-electron chi connectivity index (χ3n) is 5.38. The van der Waals surface area contributed by atoms with E-state index in [-0.39, 0.29) is 5.92 Å². The Balaban J connectivity index is 2.06. The fraction of sp³-hybridized carbons (Fsp3) is 0.435. The lowest BCUT2D eigenvalue weighted by Crippen LogP contribution is -2.31. The second kappa shape index (κ2) is 9.60. The summed E-state index contributed by atoms with van der Waals surface area (Å²) in [6.45, 7) is 11.4. The quantitative estimate of drug-likeness (QED) is 0.281. The Hall–Kier alpha value is -1.43. The Labute approximate surface area is 196 Å². The molecule has 170 valence electrons. The van der Waals surface area contributed by atoms with E-state index in [4.69, 9.17) is 34.8 Å². The maximum atomic E-state index is 14.3. The molecule has 2 rings (SSSR count). The van der Waals surface area contributed by atoms with Gasteiger partial charge in [0.25, 0.3) is 5.92 Å². The highest BCUT2D eigenvalue weighted by Gasteiger charge is 2.67. The van der Waals surface area contributed by atoms with E-state index in [0.29, 0.717) is 30.5 Å². The van der Waals surface area contributed by atoms with Crippen LogP contribution in [0.25, 0.3) is 0 Å². The number of hydrogen-bond donors (Lipinski definition) is 1. The molecule has 2 aliphatic rings. The zero-order valence-electron chi connectivity index (χ0n) is 17.5. The van der Waals surface area contributed by atoms with Crippen molar-refractivity contribution in [2.24, 2.45) is 17.8 Å². The molecule has 0 bridgehead atoms. The molecule has 0 spiro atoms. The summed E-state index contributed by atoms with van der Waals surface area (Å²) >= 11 is 18.8. The van der Waals surface area contributed by atoms with Crippen molar-refractivity contribution in [3.63, 3.8) is 0 Å². The van der Waals surface area contributed by atoms with Crippen LogP contribution in [0.1, 0.15) is 27.2 Å². The standard InChI is InChI=1S/C23H25Cl3F3NO/c1-6-16(22(5,28)29)18(27)9-13(4)19-20(23(19,25)26)21(31)30-11-14-7-8-15(12(2)3)17(24)10-14/h6,8-10,14,19-20H,1-2,7,11H2,3-5H3,(H,30,31)/b13-9+,18-16-. The van der Waals surface area contributed by atoms with Gasteiger partial charge in [-0.3, -0.25) is 4.79 Å². The Bertz CT molecular complexity index is 910. The van der Waals surface area contributed by atoms with Gasteiger partial charge in [0.1, 0.15) is 10.2 Å². The van der Waals surface area contributed by atoms with Gasteiger partial charge in [-0.25, -0.2) is 13.2 Å². The molecule has 8 heteroatoms. The molecule has 0 heterocycles. The lowest BCUT2D eigenvalue weighted by atomic mass is 9.93. The third kappa shape index (κ3) is 5.88. The fourth-order valence-electron chi connectivity index (χ4n) is 3.67. The fourth-order valence-corrected chi connectivity index (χ4v) is 5.00. The topological polar surface area (TPSA) is 29.1 Å². The van der Waals surface area contributed by atoms with E-state index in [1.54, 1.807) is 0 Å². The predicted octanol–water partition coefficient (Wildman–Crippen LogP) is 7.18. The van der Waals surface area contributed by atoms with Gasteiger partial charge in [0.05, 0.1) is 11.5 Å². The summed E-state index contributed by atoms with van der Waals surface area (Å²) in [5.41, 5.74) is 1.20. The molecule has 1 N–H and O–H groups in total. The van der Waals surface area contributed by atoms with E-state index in [1.165, 1.54) is 6.92 Å². The monoisotopic (exact) mass is 493 g/mol. The van der Waals surface area contributed by atoms with Gasteiger partial charge in [-0.15, -0.1) is 23.2 Å². The molecular weight excluding hydrogens is 470 g/mol. The van der Waals surface area contributed by atoms with Crippen LogP contribution < -0.4 is 5.32 Å². The molecule has 31 heavy (non-hydrogen) atoms. The number of nitrogens with one attached hydrogen (secondary N) is 1. The second-order valence-electron chi connectivity index (χ2n) is 8.03. The van der Waals surface area contributed by atoms with Crippen molar-refractivity contribution in [3.05, 3.63) is 70.6 Å². The summed E-state index contributed by atoms with van der Waals surface area (Å²) in [5.74, 6) is -6.45. The van der Waals surface area contributed by atoms with Gasteiger partial charge in [0.2, 0.25) is 5.91 Å². The first-order valence-electron chi connectivity index (χ1n) is 9.69. The van der Waals surface area contributed by atoms with Crippen molar-refractivity contribution in [1.29, 1.82) is 0 Å². The SMILES string of the molecule is C=C/C(=C(F)\C=C(/C)C1C(C(=O)NCC2C=C(Cl)C(C(=C)C)=CC2)C1(Cl)Cl)C(C)(F)F. The van der Waals surface area contributed by atoms with Crippen LogP contribution in [0.15, 0.2) is 70.6 Å². The van der Waals surface area contributed by atoms with Crippen LogP contribution in [0.3, 0.4) is 0 Å². The first kappa shape index (κ1) is 25.8. The van der Waals surface area contributed by atoms with Gasteiger partial charge >= 0.3 is 0 Å². The lowest BCUT2D eigenvalue weighted by molar-refractivity contribution is -0.122. The Morgan fingerprint density at radius 3 is 2.45 bits per heavy atom. The maximum Gasteiger partial charge on any atom is 0.273 e. The summed E-state index contributed by atoms with van der Waals surface area (Å²) in [7, 11) is 0. The first-order valence-corrected chi connectivity index (χ1v) is 10.8. The average molecular weight is 495 g/mol. The smallest absolute Gasteiger partial charge is 0.273 e. The minimum atomic E-state index is -3.39. The summed E-state index contributed by atoms with van der Waals surface area (Å²) in [5, 5.41) is 3.38. The van der Waals surface area contributed by atoms with Crippen molar-refractivity contribution < 1.29 is 18.0 Å². The van der Waals surface area contributed by atoms with Gasteiger partial charge in [-0.1, -0.05) is 48.6 Å². The van der Waals surface area contributed by atoms with E-state index >= 15 is 0 Å². The molecule has 3 unspecified atom stereocenters. The van der Waals surface area contributed by atoms with Gasteiger partial charge in [-0.2, -0.15) is 0 Å². The van der Waals surface area contributed by atoms with Crippen LogP contribution in [-0.2, 0) is 4.79 Å². The van der Waals surface area contributed by atoms with E-state index in [0.717, 1.165) is 23.3 Å². The zero-order valence-corrected chi connectivity index (χ0v) is 19.8. The highest BCUT2D eigenvalue weighted by molar-refractivity contribution is 6.53. The third-order valence-corrected chi connectivity index (χ3v) is 6.65. The first-order chi connectivity index (χ1) is 14.2. The molecule has 2 nitrogen and oxygen atoms in total. The molecule has 1 saturated carbocycles. The number of alkyl halides is 4. The van der Waals surface area contributed by atoms with Crippen LogP contribution in [0.2, 0.25) is 0 Å². The highest BCUT2D eigenvalue weighted by Crippen LogP contribution is 2.62. The molecule has 1 amide bonds. The van der Waals surface area contributed by atoms with Crippen LogP contribution in [0.5, 0.6) is 0 Å². The number of carbonyl (C=O) groups excluding carboxylic acids is 1. The molecule has 0 aromatic carbocycles. The van der Waals surface area contributed by atoms with Crippen LogP contribution in [0.4, 0.5) is 13.2 Å². The van der Waals surface area contributed by atoms with Crippen LogP contribution >= 0.6 is 34.8 Å². The summed E-state index contributed by atoms with van der Waals surface area (Å²) in [6, 6.07) is 0. The zero-order chi connectivity index (χ0) is 23.7. The van der Waals surface area contributed by atoms with Crippen molar-refractivity contribution >= 4 is 40.7 Å². The average Bonchev–Trinajstić information content (AvgIpc) is 3.21. The van der Waals surface area contributed by atoms with E-state index in [2.05, 4.69) is 18.5 Å². The molecule has 0 aliphatic heterocycles. The van der Waals surface area contributed by atoms with Crippen molar-refractivity contribution in [2.45, 2.75) is 37.4 Å². The van der Waals surface area contributed by atoms with Crippen LogP contribution in [0, 0.1) is 17.8 Å². The van der Waals surface area contributed by atoms with Gasteiger partial charge in [0, 0.05) is 24.4 Å². The highest BCUT2D eigenvalue weighted by atomic mass is 35.5. The number of rotatable bonds is 8. The molecule has 0 aromatic heterocycles.